The van der Waals surface area contributed by atoms with E-state index in [0.29, 0.717) is 19.6 Å². The van der Waals surface area contributed by atoms with Gasteiger partial charge in [0.15, 0.2) is 0 Å². The number of pyridine rings is 1. The average molecular weight is 258 g/mol. The van der Waals surface area contributed by atoms with Crippen LogP contribution in [0.3, 0.4) is 0 Å². The Labute approximate surface area is 112 Å². The van der Waals surface area contributed by atoms with Gasteiger partial charge in [-0.25, -0.2) is 0 Å². The number of hydrogen-bond donors (Lipinski definition) is 2. The van der Waals surface area contributed by atoms with Crippen LogP contribution in [0.1, 0.15) is 11.1 Å². The van der Waals surface area contributed by atoms with Gasteiger partial charge in [0.2, 0.25) is 0 Å². The number of aliphatic hydroxyl groups is 2. The molecule has 100 valence electrons. The molecule has 0 amide bonds. The van der Waals surface area contributed by atoms with E-state index in [9.17, 15) is 10.2 Å². The number of likely N-dealkylation sites (tertiary alicyclic amines) is 1. The number of aliphatic hydroxyl groups excluding tert-OH is 2. The minimum atomic E-state index is -0.635. The van der Waals surface area contributed by atoms with Gasteiger partial charge in [-0.15, -0.1) is 0 Å². The molecule has 19 heavy (non-hydrogen) atoms. The number of hydrogen-bond acceptors (Lipinski definition) is 4. The van der Waals surface area contributed by atoms with Crippen molar-refractivity contribution in [2.45, 2.75) is 25.7 Å². The van der Waals surface area contributed by atoms with Gasteiger partial charge in [-0.1, -0.05) is 18.2 Å². The van der Waals surface area contributed by atoms with Crippen LogP contribution in [0.5, 0.6) is 0 Å². The van der Waals surface area contributed by atoms with Crippen LogP contribution >= 0.6 is 0 Å². The van der Waals surface area contributed by atoms with E-state index in [4.69, 9.17) is 0 Å². The zero-order chi connectivity index (χ0) is 13.4. The van der Waals surface area contributed by atoms with Crippen molar-refractivity contribution in [2.24, 2.45) is 0 Å². The Morgan fingerprint density at radius 3 is 2.68 bits per heavy atom. The summed E-state index contributed by atoms with van der Waals surface area (Å²) < 4.78 is 0. The maximum absolute atomic E-state index is 9.60. The fraction of sp³-hybridized carbons (Fsp3) is 0.400. The minimum Gasteiger partial charge on any atom is -0.389 e. The molecule has 1 fully saturated rings. The highest BCUT2D eigenvalue weighted by molar-refractivity contribution is 5.84. The molecule has 1 aromatic heterocycles. The zero-order valence-corrected chi connectivity index (χ0v) is 11.0. The van der Waals surface area contributed by atoms with Crippen molar-refractivity contribution in [3.05, 3.63) is 41.6 Å². The third-order valence-electron chi connectivity index (χ3n) is 3.80. The van der Waals surface area contributed by atoms with Gasteiger partial charge >= 0.3 is 0 Å². The first kappa shape index (κ1) is 12.5. The molecule has 4 heteroatoms. The van der Waals surface area contributed by atoms with Crippen LogP contribution in [0.2, 0.25) is 0 Å². The fourth-order valence-electron chi connectivity index (χ4n) is 2.72. The Morgan fingerprint density at radius 1 is 1.21 bits per heavy atom. The number of aromatic nitrogens is 1. The molecule has 4 nitrogen and oxygen atoms in total. The van der Waals surface area contributed by atoms with Crippen LogP contribution in [0.4, 0.5) is 0 Å². The van der Waals surface area contributed by atoms with E-state index >= 15 is 0 Å². The van der Waals surface area contributed by atoms with E-state index in [1.165, 1.54) is 10.9 Å². The summed E-state index contributed by atoms with van der Waals surface area (Å²) in [5, 5.41) is 20.4. The molecule has 1 aromatic carbocycles. The second kappa shape index (κ2) is 4.89. The highest BCUT2D eigenvalue weighted by Gasteiger charge is 2.29. The summed E-state index contributed by atoms with van der Waals surface area (Å²) in [5.74, 6) is 0. The monoisotopic (exact) mass is 258 g/mol. The van der Waals surface area contributed by atoms with Crippen LogP contribution in [0, 0.1) is 6.92 Å². The average Bonchev–Trinajstić information content (AvgIpc) is 2.72. The fourth-order valence-corrected chi connectivity index (χ4v) is 2.72. The molecule has 2 aromatic rings. The van der Waals surface area contributed by atoms with Crippen molar-refractivity contribution in [3.8, 4) is 0 Å². The van der Waals surface area contributed by atoms with Crippen molar-refractivity contribution in [3.63, 3.8) is 0 Å². The Balaban J connectivity index is 1.92. The number of rotatable bonds is 2. The van der Waals surface area contributed by atoms with Gasteiger partial charge in [-0.3, -0.25) is 9.88 Å². The van der Waals surface area contributed by atoms with Gasteiger partial charge in [0.05, 0.1) is 17.7 Å². The lowest BCUT2D eigenvalue weighted by Crippen LogP contribution is -2.22. The number of benzene rings is 1. The van der Waals surface area contributed by atoms with Gasteiger partial charge in [0.25, 0.3) is 0 Å². The molecule has 0 spiro atoms. The molecule has 2 heterocycles. The first-order valence-electron chi connectivity index (χ1n) is 6.57. The third-order valence-corrected chi connectivity index (χ3v) is 3.80. The summed E-state index contributed by atoms with van der Waals surface area (Å²) in [7, 11) is 0. The lowest BCUT2D eigenvalue weighted by atomic mass is 10.0. The number of fused-ring (bicyclic) bond motifs is 1. The topological polar surface area (TPSA) is 56.6 Å². The molecular formula is C15H18N2O2. The Bertz CT molecular complexity index is 590. The highest BCUT2D eigenvalue weighted by Crippen LogP contribution is 2.23. The van der Waals surface area contributed by atoms with Crippen molar-refractivity contribution in [2.75, 3.05) is 13.1 Å². The van der Waals surface area contributed by atoms with Crippen molar-refractivity contribution in [1.82, 2.24) is 9.88 Å². The maximum atomic E-state index is 9.60. The first-order valence-corrected chi connectivity index (χ1v) is 6.57. The van der Waals surface area contributed by atoms with Crippen LogP contribution in [0.15, 0.2) is 30.5 Å². The highest BCUT2D eigenvalue weighted by atomic mass is 16.3. The number of nitrogens with zero attached hydrogens (tertiary/aromatic N) is 2. The van der Waals surface area contributed by atoms with E-state index in [0.717, 1.165) is 11.1 Å². The van der Waals surface area contributed by atoms with Gasteiger partial charge in [0.1, 0.15) is 0 Å². The molecule has 1 aliphatic rings. The molecule has 0 radical (unpaired) electrons. The Kier molecular flexibility index (Phi) is 3.22. The third kappa shape index (κ3) is 2.34. The van der Waals surface area contributed by atoms with Crippen LogP contribution in [-0.2, 0) is 6.54 Å². The Hall–Kier alpha value is -1.49. The molecule has 2 atom stereocenters. The quantitative estimate of drug-likeness (QED) is 0.846. The first-order chi connectivity index (χ1) is 9.15. The lowest BCUT2D eigenvalue weighted by Gasteiger charge is -2.16. The van der Waals surface area contributed by atoms with Crippen LogP contribution < -0.4 is 0 Å². The van der Waals surface area contributed by atoms with Crippen LogP contribution in [-0.4, -0.2) is 45.4 Å². The number of β-amino-alcohol motifs (C(OH)–C–C–N with tert-alkyl or cyclic N) is 2. The summed E-state index contributed by atoms with van der Waals surface area (Å²) in [6, 6.07) is 8.21. The van der Waals surface area contributed by atoms with Crippen molar-refractivity contribution >= 4 is 10.9 Å². The Morgan fingerprint density at radius 2 is 1.95 bits per heavy atom. The minimum absolute atomic E-state index is 0.517. The lowest BCUT2D eigenvalue weighted by molar-refractivity contribution is 0.0572. The van der Waals surface area contributed by atoms with E-state index in [1.54, 1.807) is 6.20 Å². The zero-order valence-electron chi connectivity index (χ0n) is 11.0. The van der Waals surface area contributed by atoms with E-state index in [1.807, 2.05) is 6.07 Å². The molecule has 0 unspecified atom stereocenters. The summed E-state index contributed by atoms with van der Waals surface area (Å²) >= 11 is 0. The van der Waals surface area contributed by atoms with Crippen molar-refractivity contribution in [1.29, 1.82) is 0 Å². The summed E-state index contributed by atoms with van der Waals surface area (Å²) in [5.41, 5.74) is 3.37. The predicted molar refractivity (Wildman–Crippen MR) is 73.8 cm³/mol. The van der Waals surface area contributed by atoms with Crippen molar-refractivity contribution < 1.29 is 10.2 Å². The summed E-state index contributed by atoms with van der Waals surface area (Å²) in [6.45, 7) is 3.83. The smallest absolute Gasteiger partial charge is 0.0938 e. The molecule has 0 saturated carbocycles. The molecule has 1 aliphatic heterocycles. The summed E-state index contributed by atoms with van der Waals surface area (Å²) in [4.78, 5) is 6.53. The molecular weight excluding hydrogens is 240 g/mol. The number of aryl methyl sites for hydroxylation is 1. The van der Waals surface area contributed by atoms with Crippen LogP contribution in [0.25, 0.3) is 10.9 Å². The largest absolute Gasteiger partial charge is 0.389 e. The van der Waals surface area contributed by atoms with E-state index in [-0.39, 0.29) is 0 Å². The SMILES string of the molecule is Cc1ccc(CN2C[C@@H](O)[C@@H](O)C2)c2ncccc12. The standard InChI is InChI=1S/C15H18N2O2/c1-10-4-5-11(15-12(10)3-2-6-16-15)7-17-8-13(18)14(19)9-17/h2-6,13-14,18-19H,7-9H2,1H3/t13-,14+. The van der Waals surface area contributed by atoms with Gasteiger partial charge < -0.3 is 10.2 Å². The maximum Gasteiger partial charge on any atom is 0.0938 e. The normalized spacial score (nSPS) is 24.2. The second-order valence-corrected chi connectivity index (χ2v) is 5.27. The van der Waals surface area contributed by atoms with Gasteiger partial charge in [0, 0.05) is 31.2 Å². The second-order valence-electron chi connectivity index (χ2n) is 5.27. The van der Waals surface area contributed by atoms with E-state index < -0.39 is 12.2 Å². The predicted octanol–water partition coefficient (Wildman–Crippen LogP) is 1.08. The molecule has 0 aliphatic carbocycles. The summed E-state index contributed by atoms with van der Waals surface area (Å²) in [6.07, 6.45) is 0.535. The van der Waals surface area contributed by atoms with E-state index in [2.05, 4.69) is 35.0 Å². The van der Waals surface area contributed by atoms with Gasteiger partial charge in [-0.2, -0.15) is 0 Å². The van der Waals surface area contributed by atoms with Gasteiger partial charge in [-0.05, 0) is 24.1 Å². The molecule has 2 N–H and O–H groups in total. The molecule has 3 rings (SSSR count). The molecule has 1 saturated heterocycles. The molecule has 0 bridgehead atoms.